The highest BCUT2D eigenvalue weighted by molar-refractivity contribution is 5.97. The number of fused-ring (bicyclic) bond motifs is 1. The molecule has 7 nitrogen and oxygen atoms in total. The van der Waals surface area contributed by atoms with Crippen molar-refractivity contribution in [1.29, 1.82) is 0 Å². The van der Waals surface area contributed by atoms with Crippen LogP contribution in [0.2, 0.25) is 0 Å². The molecule has 4 rings (SSSR count). The summed E-state index contributed by atoms with van der Waals surface area (Å²) in [5.41, 5.74) is 2.12. The molecule has 0 saturated heterocycles. The van der Waals surface area contributed by atoms with Crippen LogP contribution in [0.1, 0.15) is 53.9 Å². The van der Waals surface area contributed by atoms with E-state index in [1.807, 2.05) is 32.0 Å². The first-order valence-electron chi connectivity index (χ1n) is 11.9. The number of carbonyl (C=O) groups excluding carboxylic acids is 1. The molecule has 0 radical (unpaired) electrons. The first-order chi connectivity index (χ1) is 17.6. The number of carbonyl (C=O) groups is 1. The lowest BCUT2D eigenvalue weighted by Gasteiger charge is -2.08. The van der Waals surface area contributed by atoms with Crippen LogP contribution in [0.25, 0.3) is 10.9 Å². The molecule has 0 aliphatic heterocycles. The van der Waals surface area contributed by atoms with E-state index in [0.717, 1.165) is 28.6 Å². The summed E-state index contributed by atoms with van der Waals surface area (Å²) in [5, 5.41) is 4.03. The second-order valence-corrected chi connectivity index (χ2v) is 9.09. The second kappa shape index (κ2) is 10.7. The Balaban J connectivity index is 1.44. The molecule has 0 amide bonds. The van der Waals surface area contributed by atoms with E-state index >= 15 is 0 Å². The van der Waals surface area contributed by atoms with E-state index in [0.29, 0.717) is 17.2 Å². The third-order valence-corrected chi connectivity index (χ3v) is 5.96. The van der Waals surface area contributed by atoms with Crippen molar-refractivity contribution in [2.24, 2.45) is 7.05 Å². The van der Waals surface area contributed by atoms with Gasteiger partial charge in [-0.3, -0.25) is 14.3 Å². The smallest absolute Gasteiger partial charge is 0.278 e. The van der Waals surface area contributed by atoms with Gasteiger partial charge < -0.3 is 5.32 Å². The number of rotatable bonds is 7. The molecule has 2 aromatic carbocycles. The molecule has 9 heteroatoms. The standard InChI is InChI=1S/C28H27F2N5O2/c1-17(2)32-28-31-15-21-13-19(10-12-24(21)33-28)7-5-6-8-25(36)26-18(3)34(4)35(27(26)37)16-20-9-11-22(29)23(30)14-20/h9-15,17H,6,8,16H2,1-4H3,(H,31,32,33). The number of aromatic nitrogens is 4. The summed E-state index contributed by atoms with van der Waals surface area (Å²) >= 11 is 0. The molecule has 2 heterocycles. The van der Waals surface area contributed by atoms with Gasteiger partial charge in [-0.15, -0.1) is 0 Å². The highest BCUT2D eigenvalue weighted by atomic mass is 19.2. The van der Waals surface area contributed by atoms with Gasteiger partial charge in [-0.25, -0.2) is 23.4 Å². The minimum Gasteiger partial charge on any atom is -0.352 e. The first kappa shape index (κ1) is 25.8. The van der Waals surface area contributed by atoms with Gasteiger partial charge in [-0.1, -0.05) is 17.9 Å². The van der Waals surface area contributed by atoms with Crippen LogP contribution >= 0.6 is 0 Å². The zero-order chi connectivity index (χ0) is 26.7. The zero-order valence-electron chi connectivity index (χ0n) is 21.1. The van der Waals surface area contributed by atoms with Crippen LogP contribution in [0.15, 0.2) is 47.4 Å². The van der Waals surface area contributed by atoms with E-state index in [9.17, 15) is 18.4 Å². The Kier molecular flexibility index (Phi) is 7.48. The lowest BCUT2D eigenvalue weighted by Crippen LogP contribution is -2.25. The Labute approximate surface area is 213 Å². The first-order valence-corrected chi connectivity index (χ1v) is 11.9. The van der Waals surface area contributed by atoms with Gasteiger partial charge >= 0.3 is 0 Å². The summed E-state index contributed by atoms with van der Waals surface area (Å²) in [6, 6.07) is 9.32. The van der Waals surface area contributed by atoms with Crippen LogP contribution < -0.4 is 10.9 Å². The van der Waals surface area contributed by atoms with E-state index in [2.05, 4.69) is 27.1 Å². The fraction of sp³-hybridized carbons (Fsp3) is 0.286. The topological polar surface area (TPSA) is 81.8 Å². The largest absolute Gasteiger partial charge is 0.352 e. The molecule has 0 fully saturated rings. The van der Waals surface area contributed by atoms with Gasteiger partial charge in [0, 0.05) is 48.8 Å². The number of nitrogens with one attached hydrogen (secondary N) is 1. The summed E-state index contributed by atoms with van der Waals surface area (Å²) in [6.45, 7) is 5.73. The molecule has 0 atom stereocenters. The molecular weight excluding hydrogens is 476 g/mol. The molecule has 0 unspecified atom stereocenters. The van der Waals surface area contributed by atoms with Crippen molar-refractivity contribution >= 4 is 22.6 Å². The maximum absolute atomic E-state index is 13.6. The number of Topliss-reactive ketones (excluding diaryl/α,β-unsaturated/α-hetero) is 1. The molecule has 0 saturated carbocycles. The Morgan fingerprint density at radius 1 is 1.14 bits per heavy atom. The summed E-state index contributed by atoms with van der Waals surface area (Å²) in [6.07, 6.45) is 2.10. The van der Waals surface area contributed by atoms with Crippen molar-refractivity contribution in [1.82, 2.24) is 19.3 Å². The Hall–Kier alpha value is -4.32. The Bertz CT molecular complexity index is 1610. The number of anilines is 1. The van der Waals surface area contributed by atoms with E-state index in [4.69, 9.17) is 0 Å². The normalized spacial score (nSPS) is 11.0. The predicted molar refractivity (Wildman–Crippen MR) is 139 cm³/mol. The summed E-state index contributed by atoms with van der Waals surface area (Å²) in [5.74, 6) is 4.36. The van der Waals surface area contributed by atoms with Gasteiger partial charge in [0.15, 0.2) is 17.4 Å². The molecule has 0 spiro atoms. The van der Waals surface area contributed by atoms with Crippen molar-refractivity contribution in [2.45, 2.75) is 46.2 Å². The van der Waals surface area contributed by atoms with E-state index < -0.39 is 17.2 Å². The van der Waals surface area contributed by atoms with Gasteiger partial charge in [0.2, 0.25) is 5.95 Å². The van der Waals surface area contributed by atoms with Crippen molar-refractivity contribution in [3.8, 4) is 11.8 Å². The number of benzene rings is 2. The highest BCUT2D eigenvalue weighted by Gasteiger charge is 2.21. The average molecular weight is 504 g/mol. The van der Waals surface area contributed by atoms with E-state index in [1.54, 1.807) is 24.9 Å². The molecule has 37 heavy (non-hydrogen) atoms. The van der Waals surface area contributed by atoms with Crippen molar-refractivity contribution < 1.29 is 13.6 Å². The third-order valence-electron chi connectivity index (χ3n) is 5.96. The predicted octanol–water partition coefficient (Wildman–Crippen LogP) is 4.60. The molecule has 190 valence electrons. The van der Waals surface area contributed by atoms with Crippen LogP contribution in [-0.4, -0.2) is 31.2 Å². The van der Waals surface area contributed by atoms with Crippen molar-refractivity contribution in [3.63, 3.8) is 0 Å². The van der Waals surface area contributed by atoms with Gasteiger partial charge in [0.25, 0.3) is 5.56 Å². The highest BCUT2D eigenvalue weighted by Crippen LogP contribution is 2.16. The summed E-state index contributed by atoms with van der Waals surface area (Å²) in [7, 11) is 1.65. The number of hydrogen-bond donors (Lipinski definition) is 1. The van der Waals surface area contributed by atoms with Crippen LogP contribution in [0.4, 0.5) is 14.7 Å². The van der Waals surface area contributed by atoms with E-state index in [-0.39, 0.29) is 36.8 Å². The zero-order valence-corrected chi connectivity index (χ0v) is 21.1. The minimum absolute atomic E-state index is 0.0150. The van der Waals surface area contributed by atoms with Gasteiger partial charge in [-0.2, -0.15) is 0 Å². The van der Waals surface area contributed by atoms with Gasteiger partial charge in [-0.05, 0) is 56.7 Å². The van der Waals surface area contributed by atoms with Gasteiger partial charge in [0.1, 0.15) is 5.56 Å². The maximum Gasteiger partial charge on any atom is 0.278 e. The van der Waals surface area contributed by atoms with Crippen LogP contribution in [0.5, 0.6) is 0 Å². The van der Waals surface area contributed by atoms with Crippen molar-refractivity contribution in [2.75, 3.05) is 5.32 Å². The Morgan fingerprint density at radius 2 is 1.92 bits per heavy atom. The van der Waals surface area contributed by atoms with Gasteiger partial charge in [0.05, 0.1) is 12.1 Å². The average Bonchev–Trinajstić information content (AvgIpc) is 3.06. The lowest BCUT2D eigenvalue weighted by molar-refractivity contribution is 0.0982. The molecular formula is C28H27F2N5O2. The minimum atomic E-state index is -0.988. The number of nitrogens with zero attached hydrogens (tertiary/aromatic N) is 4. The molecule has 1 N–H and O–H groups in total. The number of ketones is 1. The van der Waals surface area contributed by atoms with E-state index in [1.165, 1.54) is 10.7 Å². The molecule has 0 aliphatic rings. The monoisotopic (exact) mass is 503 g/mol. The maximum atomic E-state index is 13.6. The fourth-order valence-electron chi connectivity index (χ4n) is 3.98. The quantitative estimate of drug-likeness (QED) is 0.295. The Morgan fingerprint density at radius 3 is 2.65 bits per heavy atom. The third kappa shape index (κ3) is 5.75. The second-order valence-electron chi connectivity index (χ2n) is 9.09. The summed E-state index contributed by atoms with van der Waals surface area (Å²) < 4.78 is 29.7. The SMILES string of the molecule is Cc1c(C(=O)CCC#Cc2ccc3nc(NC(C)C)ncc3c2)c(=O)n(Cc2ccc(F)c(F)c2)n1C. The molecule has 2 aromatic heterocycles. The lowest BCUT2D eigenvalue weighted by atomic mass is 10.1. The molecule has 4 aromatic rings. The van der Waals surface area contributed by atoms with Crippen LogP contribution in [0.3, 0.4) is 0 Å². The summed E-state index contributed by atoms with van der Waals surface area (Å²) in [4.78, 5) is 34.6. The number of halogens is 2. The van der Waals surface area contributed by atoms with Crippen LogP contribution in [0, 0.1) is 30.4 Å². The van der Waals surface area contributed by atoms with Crippen LogP contribution in [-0.2, 0) is 13.6 Å². The number of hydrogen-bond acceptors (Lipinski definition) is 5. The molecule has 0 aliphatic carbocycles. The fourth-order valence-corrected chi connectivity index (χ4v) is 3.98. The molecule has 0 bridgehead atoms. The van der Waals surface area contributed by atoms with Crippen molar-refractivity contribution in [3.05, 3.63) is 87.0 Å².